The van der Waals surface area contributed by atoms with Gasteiger partial charge in [0.1, 0.15) is 5.75 Å². The molecule has 0 saturated heterocycles. The number of rotatable bonds is 3. The number of ether oxygens (including phenoxy) is 1. The summed E-state index contributed by atoms with van der Waals surface area (Å²) in [5, 5.41) is 17.5. The fourth-order valence-electron chi connectivity index (χ4n) is 0.959. The molecule has 0 bridgehead atoms. The van der Waals surface area contributed by atoms with Crippen molar-refractivity contribution in [2.75, 3.05) is 7.11 Å². The Hall–Kier alpha value is -1.69. The van der Waals surface area contributed by atoms with Crippen LogP contribution >= 0.6 is 0 Å². The maximum atomic E-state index is 10.1. The van der Waals surface area contributed by atoms with Crippen LogP contribution in [0.2, 0.25) is 0 Å². The number of methoxy groups -OCH3 is 1. The molecule has 1 aromatic carbocycles. The van der Waals surface area contributed by atoms with Crippen LogP contribution in [0.5, 0.6) is 5.75 Å². The molecule has 0 aliphatic rings. The van der Waals surface area contributed by atoms with Crippen LogP contribution < -0.4 is 10.2 Å². The Morgan fingerprint density at radius 3 is 2.79 bits per heavy atom. The molecule has 0 unspecified atom stereocenters. The van der Waals surface area contributed by atoms with E-state index in [-0.39, 0.29) is 0 Å². The summed E-state index contributed by atoms with van der Waals surface area (Å²) in [5.41, 5.74) is 0.326. The van der Waals surface area contributed by atoms with E-state index in [0.29, 0.717) is 11.2 Å². The fourth-order valence-corrected chi connectivity index (χ4v) is 0.959. The molecule has 0 spiro atoms. The summed E-state index contributed by atoms with van der Waals surface area (Å²) in [6.07, 6.45) is -1.53. The predicted molar refractivity (Wildman–Crippen MR) is 49.7 cm³/mol. The molecule has 6 heteroatoms. The Kier molecular flexibility index (Phi) is 3.36. The van der Waals surface area contributed by atoms with Crippen LogP contribution in [-0.2, 0) is 4.65 Å². The molecule has 2 N–H and O–H groups in total. The highest BCUT2D eigenvalue weighted by atomic mass is 16.7. The molecule has 0 heterocycles. The Labute approximate surface area is 81.0 Å². The molecule has 0 fully saturated rings. The number of hydrogen-bond donors (Lipinski definition) is 2. The van der Waals surface area contributed by atoms with Crippen molar-refractivity contribution >= 4 is 18.7 Å². The average Bonchev–Trinajstić information content (AvgIpc) is 2.17. The second kappa shape index (κ2) is 4.52. The topological polar surface area (TPSA) is 76.0 Å². The second-order valence-corrected chi connectivity index (χ2v) is 2.51. The Morgan fingerprint density at radius 2 is 2.21 bits per heavy atom. The number of carbonyl (C=O) groups is 1. The van der Waals surface area contributed by atoms with Gasteiger partial charge in [0.05, 0.1) is 7.11 Å². The lowest BCUT2D eigenvalue weighted by Gasteiger charge is -2.06. The maximum absolute atomic E-state index is 10.1. The number of hydrogen-bond acceptors (Lipinski definition) is 4. The van der Waals surface area contributed by atoms with Gasteiger partial charge in [-0.05, 0) is 12.1 Å². The van der Waals surface area contributed by atoms with Crippen LogP contribution in [-0.4, -0.2) is 30.5 Å². The Bertz CT molecular complexity index is 327. The predicted octanol–water partition coefficient (Wildman–Crippen LogP) is 0.0773. The van der Waals surface area contributed by atoms with Gasteiger partial charge in [0.25, 0.3) is 0 Å². The lowest BCUT2D eigenvalue weighted by molar-refractivity contribution is 0.137. The van der Waals surface area contributed by atoms with E-state index in [0.717, 1.165) is 0 Å². The zero-order chi connectivity index (χ0) is 10.6. The van der Waals surface area contributed by atoms with Crippen LogP contribution in [0.3, 0.4) is 0 Å². The third kappa shape index (κ3) is 2.67. The van der Waals surface area contributed by atoms with Gasteiger partial charge < -0.3 is 19.5 Å². The van der Waals surface area contributed by atoms with Crippen LogP contribution in [0.1, 0.15) is 0 Å². The van der Waals surface area contributed by atoms with E-state index in [9.17, 15) is 9.82 Å². The van der Waals surface area contributed by atoms with Crippen molar-refractivity contribution in [2.45, 2.75) is 0 Å². The van der Waals surface area contributed by atoms with Crippen molar-refractivity contribution in [1.29, 1.82) is 0 Å². The van der Waals surface area contributed by atoms with Gasteiger partial charge >= 0.3 is 13.3 Å². The molecule has 0 aliphatic heterocycles. The quantitative estimate of drug-likeness (QED) is 0.669. The van der Waals surface area contributed by atoms with Crippen molar-refractivity contribution in [2.24, 2.45) is 0 Å². The van der Waals surface area contributed by atoms with Gasteiger partial charge in [-0.1, -0.05) is 12.1 Å². The van der Waals surface area contributed by atoms with E-state index in [2.05, 4.69) is 4.65 Å². The molecule has 1 rings (SSSR count). The molecule has 0 aliphatic carbocycles. The molecule has 14 heavy (non-hydrogen) atoms. The first-order chi connectivity index (χ1) is 6.63. The van der Waals surface area contributed by atoms with E-state index < -0.39 is 13.3 Å². The Balaban J connectivity index is 2.78. The third-order valence-electron chi connectivity index (χ3n) is 1.59. The fraction of sp³-hybridized carbons (Fsp3) is 0.125. The number of benzene rings is 1. The molecule has 0 radical (unpaired) electrons. The minimum atomic E-state index is -1.53. The first kappa shape index (κ1) is 10.4. The summed E-state index contributed by atoms with van der Waals surface area (Å²) in [7, 11) is -0.00796. The SMILES string of the molecule is COc1cccc(B(O)OC(=O)O)c1. The minimum absolute atomic E-state index is 0.326. The smallest absolute Gasteiger partial charge is 0.497 e. The van der Waals surface area contributed by atoms with E-state index in [1.807, 2.05) is 0 Å². The lowest BCUT2D eigenvalue weighted by Crippen LogP contribution is -2.35. The van der Waals surface area contributed by atoms with Crippen molar-refractivity contribution in [3.05, 3.63) is 24.3 Å². The first-order valence-corrected chi connectivity index (χ1v) is 3.85. The van der Waals surface area contributed by atoms with Crippen LogP contribution in [0.4, 0.5) is 4.79 Å². The summed E-state index contributed by atoms with van der Waals surface area (Å²) in [5.74, 6) is 0.524. The molecule has 0 atom stereocenters. The second-order valence-electron chi connectivity index (χ2n) is 2.51. The summed E-state index contributed by atoms with van der Waals surface area (Å²) in [6, 6.07) is 6.34. The van der Waals surface area contributed by atoms with Gasteiger partial charge in [-0.15, -0.1) is 0 Å². The summed E-state index contributed by atoms with van der Waals surface area (Å²) < 4.78 is 9.05. The van der Waals surface area contributed by atoms with Gasteiger partial charge in [0, 0.05) is 5.46 Å². The van der Waals surface area contributed by atoms with E-state index in [1.165, 1.54) is 19.2 Å². The molecular formula is C8H9BO5. The highest BCUT2D eigenvalue weighted by Gasteiger charge is 2.21. The zero-order valence-corrected chi connectivity index (χ0v) is 7.51. The standard InChI is InChI=1S/C8H9BO5/c1-13-7-4-2-3-6(5-7)9(12)14-8(10)11/h2-5,12H,1H3,(H,10,11). The van der Waals surface area contributed by atoms with E-state index in [1.54, 1.807) is 12.1 Å². The summed E-state index contributed by atoms with van der Waals surface area (Å²) in [4.78, 5) is 10.1. The maximum Gasteiger partial charge on any atom is 0.564 e. The van der Waals surface area contributed by atoms with Gasteiger partial charge in [-0.3, -0.25) is 0 Å². The molecular weight excluding hydrogens is 187 g/mol. The molecule has 0 saturated carbocycles. The van der Waals surface area contributed by atoms with Crippen molar-refractivity contribution in [1.82, 2.24) is 0 Å². The molecule has 0 amide bonds. The molecule has 1 aromatic rings. The number of carboxylic acid groups (broad SMARTS) is 1. The van der Waals surface area contributed by atoms with E-state index in [4.69, 9.17) is 9.84 Å². The molecule has 5 nitrogen and oxygen atoms in total. The van der Waals surface area contributed by atoms with Crippen molar-refractivity contribution < 1.29 is 24.3 Å². The third-order valence-corrected chi connectivity index (χ3v) is 1.59. The normalized spacial score (nSPS) is 9.29. The van der Waals surface area contributed by atoms with Crippen molar-refractivity contribution in [3.8, 4) is 5.75 Å². The van der Waals surface area contributed by atoms with Gasteiger partial charge in [-0.2, -0.15) is 0 Å². The van der Waals surface area contributed by atoms with Crippen LogP contribution in [0, 0.1) is 0 Å². The van der Waals surface area contributed by atoms with E-state index >= 15 is 0 Å². The van der Waals surface area contributed by atoms with Gasteiger partial charge in [0.2, 0.25) is 0 Å². The average molecular weight is 196 g/mol. The van der Waals surface area contributed by atoms with Gasteiger partial charge in [-0.25, -0.2) is 4.79 Å². The minimum Gasteiger partial charge on any atom is -0.497 e. The largest absolute Gasteiger partial charge is 0.564 e. The summed E-state index contributed by atoms with van der Waals surface area (Å²) >= 11 is 0. The zero-order valence-electron chi connectivity index (χ0n) is 7.51. The molecule has 0 aromatic heterocycles. The highest BCUT2D eigenvalue weighted by molar-refractivity contribution is 6.61. The molecule has 74 valence electrons. The van der Waals surface area contributed by atoms with Crippen LogP contribution in [0.25, 0.3) is 0 Å². The highest BCUT2D eigenvalue weighted by Crippen LogP contribution is 2.06. The van der Waals surface area contributed by atoms with Crippen LogP contribution in [0.15, 0.2) is 24.3 Å². The summed E-state index contributed by atoms with van der Waals surface area (Å²) in [6.45, 7) is 0. The first-order valence-electron chi connectivity index (χ1n) is 3.85. The lowest BCUT2D eigenvalue weighted by atomic mass is 9.79. The van der Waals surface area contributed by atoms with Crippen molar-refractivity contribution in [3.63, 3.8) is 0 Å². The Morgan fingerprint density at radius 1 is 1.50 bits per heavy atom. The monoisotopic (exact) mass is 196 g/mol. The van der Waals surface area contributed by atoms with Gasteiger partial charge in [0.15, 0.2) is 0 Å².